The molecule has 2 heterocycles. The number of nitrogens with two attached hydrogens (primary N) is 1. The zero-order valence-corrected chi connectivity index (χ0v) is 43.3. The van der Waals surface area contributed by atoms with E-state index in [1.807, 2.05) is 24.3 Å². The van der Waals surface area contributed by atoms with Crippen molar-refractivity contribution in [3.8, 4) is 40.2 Å². The molecule has 2 unspecified atom stereocenters. The van der Waals surface area contributed by atoms with Crippen LogP contribution in [0, 0.1) is 0 Å². The van der Waals surface area contributed by atoms with Crippen LogP contribution >= 0.6 is 0 Å². The highest BCUT2D eigenvalue weighted by molar-refractivity contribution is 6.01. The van der Waals surface area contributed by atoms with Gasteiger partial charge in [-0.2, -0.15) is 0 Å². The Bertz CT molecular complexity index is 2570. The maximum Gasteiger partial charge on any atom is 0.329 e. The summed E-state index contributed by atoms with van der Waals surface area (Å²) in [7, 11) is 7.65. The number of piperidine rings is 1. The summed E-state index contributed by atoms with van der Waals surface area (Å²) in [5, 5.41) is 2.78. The number of carbonyl (C=O) groups is 6. The fourth-order valence-electron chi connectivity index (χ4n) is 9.03. The summed E-state index contributed by atoms with van der Waals surface area (Å²) in [6.45, 7) is 1.67. The summed E-state index contributed by atoms with van der Waals surface area (Å²) in [4.78, 5) is 80.0. The van der Waals surface area contributed by atoms with Crippen LogP contribution in [-0.2, 0) is 57.6 Å². The average molecular weight is 1040 g/mol. The standard InChI is InChI=1S/C55H68N4O16/c1-66-46-20-18-36(29-47(46)67-2)17-19-44(75-55(65)43-14-6-7-22-58(43)51(62)32-37-30-48(68-3)52(70-5)49(31-37)69-4)38-11-8-12-39(33-38)74-35-50(61)57-21-24-71-25-26-72-27-28-73-45-16-9-13-40-41(45)34-59(54(40)64)42(53(56)63)15-10-23-60/h8-9,11-13,16,18,20,23,29-31,33,42-44H,6-7,10,14-15,17,19,21-22,24-28,32,34-35H2,1-5H3,(H2,56,63)(H,57,61)/t42?,43-,44?/m0/s1. The maximum absolute atomic E-state index is 14.3. The van der Waals surface area contributed by atoms with E-state index in [-0.39, 0.29) is 89.7 Å². The number of ether oxygens (including phenoxy) is 10. The van der Waals surface area contributed by atoms with Gasteiger partial charge in [0.1, 0.15) is 42.6 Å². The number of aldehydes is 1. The highest BCUT2D eigenvalue weighted by atomic mass is 16.6. The molecule has 404 valence electrons. The number of aryl methyl sites for hydroxylation is 1. The Morgan fingerprint density at radius 1 is 0.747 bits per heavy atom. The van der Waals surface area contributed by atoms with Crippen LogP contribution in [0.5, 0.6) is 40.2 Å². The predicted octanol–water partition coefficient (Wildman–Crippen LogP) is 4.97. The maximum atomic E-state index is 14.3. The van der Waals surface area contributed by atoms with Crippen LogP contribution in [0.3, 0.4) is 0 Å². The highest BCUT2D eigenvalue weighted by Gasteiger charge is 2.38. The minimum absolute atomic E-state index is 0.00354. The molecule has 4 aromatic carbocycles. The van der Waals surface area contributed by atoms with Gasteiger partial charge >= 0.3 is 5.97 Å². The lowest BCUT2D eigenvalue weighted by Crippen LogP contribution is -2.49. The van der Waals surface area contributed by atoms with Gasteiger partial charge in [0.2, 0.25) is 17.6 Å². The van der Waals surface area contributed by atoms with Crippen molar-refractivity contribution < 1.29 is 76.1 Å². The number of primary amides is 1. The van der Waals surface area contributed by atoms with Gasteiger partial charge in [0.15, 0.2) is 29.6 Å². The minimum Gasteiger partial charge on any atom is -0.493 e. The van der Waals surface area contributed by atoms with Gasteiger partial charge in [0.05, 0.1) is 74.9 Å². The van der Waals surface area contributed by atoms with E-state index in [1.165, 1.54) is 26.2 Å². The fraction of sp³-hybridized carbons (Fsp3) is 0.455. The van der Waals surface area contributed by atoms with Crippen molar-refractivity contribution in [1.29, 1.82) is 0 Å². The first-order chi connectivity index (χ1) is 36.4. The molecule has 0 bridgehead atoms. The number of nitrogens with zero attached hydrogens (tertiary/aromatic N) is 2. The van der Waals surface area contributed by atoms with E-state index in [0.29, 0.717) is 94.6 Å². The molecule has 0 spiro atoms. The smallest absolute Gasteiger partial charge is 0.329 e. The van der Waals surface area contributed by atoms with Crippen molar-refractivity contribution >= 4 is 35.9 Å². The van der Waals surface area contributed by atoms with Crippen molar-refractivity contribution in [2.24, 2.45) is 5.73 Å². The Balaban J connectivity index is 0.975. The molecule has 1 fully saturated rings. The quantitative estimate of drug-likeness (QED) is 0.0384. The second-order valence-electron chi connectivity index (χ2n) is 17.6. The van der Waals surface area contributed by atoms with Crippen molar-refractivity contribution in [3.63, 3.8) is 0 Å². The molecule has 20 heteroatoms. The van der Waals surface area contributed by atoms with Crippen molar-refractivity contribution in [3.05, 3.63) is 101 Å². The van der Waals surface area contributed by atoms with Crippen LogP contribution in [0.1, 0.15) is 77.2 Å². The summed E-state index contributed by atoms with van der Waals surface area (Å²) < 4.78 is 56.8. The zero-order chi connectivity index (χ0) is 53.7. The summed E-state index contributed by atoms with van der Waals surface area (Å²) in [5.41, 5.74) is 8.80. The molecular weight excluding hydrogens is 973 g/mol. The summed E-state index contributed by atoms with van der Waals surface area (Å²) in [5.74, 6) is 1.12. The molecule has 6 rings (SSSR count). The van der Waals surface area contributed by atoms with Gasteiger partial charge in [0.25, 0.3) is 11.8 Å². The van der Waals surface area contributed by atoms with Gasteiger partial charge < -0.3 is 73.0 Å². The number of methoxy groups -OCH3 is 5. The fourth-order valence-corrected chi connectivity index (χ4v) is 9.03. The molecule has 1 saturated heterocycles. The molecule has 4 amide bonds. The Kier molecular flexibility index (Phi) is 21.7. The van der Waals surface area contributed by atoms with Crippen LogP contribution in [-0.4, -0.2) is 146 Å². The number of nitrogens with one attached hydrogen (secondary N) is 1. The third-order valence-corrected chi connectivity index (χ3v) is 12.8. The van der Waals surface area contributed by atoms with Crippen LogP contribution in [0.15, 0.2) is 72.8 Å². The first kappa shape index (κ1) is 56.7. The molecule has 75 heavy (non-hydrogen) atoms. The van der Waals surface area contributed by atoms with Gasteiger partial charge in [-0.3, -0.25) is 19.2 Å². The van der Waals surface area contributed by atoms with Crippen LogP contribution in [0.2, 0.25) is 0 Å². The van der Waals surface area contributed by atoms with Gasteiger partial charge in [-0.05, 0) is 104 Å². The molecule has 20 nitrogen and oxygen atoms in total. The topological polar surface area (TPSA) is 239 Å². The number of hydrogen-bond donors (Lipinski definition) is 2. The highest BCUT2D eigenvalue weighted by Crippen LogP contribution is 2.39. The first-order valence-electron chi connectivity index (χ1n) is 24.9. The number of likely N-dealkylation sites (tertiary alicyclic amines) is 1. The number of rotatable bonds is 31. The lowest BCUT2D eigenvalue weighted by atomic mass is 9.99. The molecule has 0 radical (unpaired) electrons. The Morgan fingerprint density at radius 3 is 2.16 bits per heavy atom. The molecule has 0 aromatic heterocycles. The monoisotopic (exact) mass is 1040 g/mol. The first-order valence-corrected chi connectivity index (χ1v) is 24.9. The van der Waals surface area contributed by atoms with Crippen LogP contribution < -0.4 is 44.2 Å². The Morgan fingerprint density at radius 2 is 1.45 bits per heavy atom. The number of amides is 4. The number of carbonyl (C=O) groups excluding carboxylic acids is 6. The predicted molar refractivity (Wildman–Crippen MR) is 273 cm³/mol. The van der Waals surface area contributed by atoms with E-state index < -0.39 is 30.1 Å². The lowest BCUT2D eigenvalue weighted by Gasteiger charge is -2.35. The van der Waals surface area contributed by atoms with E-state index >= 15 is 0 Å². The third kappa shape index (κ3) is 15.5. The number of esters is 1. The average Bonchev–Trinajstić information content (AvgIpc) is 3.77. The summed E-state index contributed by atoms with van der Waals surface area (Å²) in [6, 6.07) is 19.5. The number of hydrogen-bond acceptors (Lipinski definition) is 16. The molecule has 4 aromatic rings. The zero-order valence-electron chi connectivity index (χ0n) is 43.3. The van der Waals surface area contributed by atoms with E-state index in [4.69, 9.17) is 53.1 Å². The second-order valence-corrected chi connectivity index (χ2v) is 17.6. The van der Waals surface area contributed by atoms with Gasteiger partial charge in [-0.25, -0.2) is 4.79 Å². The SMILES string of the molecule is COc1ccc(CCC(OC(=O)[C@@H]2CCCCN2C(=O)Cc2cc(OC)c(OC)c(OC)c2)c2cccc(OCC(=O)NCCOCCOCCOc3cccc4c3CN(C(CCC=O)C(N)=O)C4=O)c2)cc1OC. The van der Waals surface area contributed by atoms with Crippen molar-refractivity contribution in [1.82, 2.24) is 15.1 Å². The molecule has 2 aliphatic heterocycles. The Labute approximate surface area is 436 Å². The number of fused-ring (bicyclic) bond motifs is 1. The largest absolute Gasteiger partial charge is 0.493 e. The normalized spacial score (nSPS) is 14.7. The molecule has 0 saturated carbocycles. The van der Waals surface area contributed by atoms with Gasteiger partial charge in [-0.1, -0.05) is 24.3 Å². The van der Waals surface area contributed by atoms with E-state index in [2.05, 4.69) is 5.32 Å². The minimum atomic E-state index is -0.900. The van der Waals surface area contributed by atoms with Crippen LogP contribution in [0.25, 0.3) is 0 Å². The van der Waals surface area contributed by atoms with E-state index in [9.17, 15) is 28.8 Å². The third-order valence-electron chi connectivity index (χ3n) is 12.8. The second kappa shape index (κ2) is 28.8. The molecule has 3 atom stereocenters. The lowest BCUT2D eigenvalue weighted by molar-refractivity contribution is -0.162. The van der Waals surface area contributed by atoms with Crippen molar-refractivity contribution in [2.45, 2.75) is 76.1 Å². The van der Waals surface area contributed by atoms with E-state index in [0.717, 1.165) is 18.4 Å². The summed E-state index contributed by atoms with van der Waals surface area (Å²) >= 11 is 0. The number of benzene rings is 4. The molecular formula is C55H68N4O16. The summed E-state index contributed by atoms with van der Waals surface area (Å²) in [6.07, 6.45) is 2.97. The van der Waals surface area contributed by atoms with Gasteiger partial charge in [0, 0.05) is 30.6 Å². The van der Waals surface area contributed by atoms with Crippen LogP contribution in [0.4, 0.5) is 0 Å². The molecule has 0 aliphatic carbocycles. The molecule has 2 aliphatic rings. The molecule has 3 N–H and O–H groups in total. The van der Waals surface area contributed by atoms with E-state index in [1.54, 1.807) is 67.7 Å². The van der Waals surface area contributed by atoms with Crippen molar-refractivity contribution in [2.75, 3.05) is 88.3 Å². The Hall–Kier alpha value is -7.58. The van der Waals surface area contributed by atoms with Gasteiger partial charge in [-0.15, -0.1) is 0 Å².